The summed E-state index contributed by atoms with van der Waals surface area (Å²) in [6.07, 6.45) is 3.65. The van der Waals surface area contributed by atoms with Crippen molar-refractivity contribution in [1.29, 1.82) is 0 Å². The molecule has 2 atom stereocenters. The number of hydrogen-bond acceptors (Lipinski definition) is 0. The molecule has 0 saturated heterocycles. The van der Waals surface area contributed by atoms with Crippen molar-refractivity contribution in [3.05, 3.63) is 11.6 Å². The first-order valence-corrected chi connectivity index (χ1v) is 4.63. The van der Waals surface area contributed by atoms with Crippen LogP contribution in [0.5, 0.6) is 0 Å². The van der Waals surface area contributed by atoms with Gasteiger partial charge in [-0.05, 0) is 37.5 Å². The van der Waals surface area contributed by atoms with Crippen molar-refractivity contribution < 1.29 is 0 Å². The zero-order valence-corrected chi connectivity index (χ0v) is 8.44. The molecule has 0 N–H and O–H groups in total. The number of hydrogen-bond donors (Lipinski definition) is 0. The molecule has 2 unspecified atom stereocenters. The third-order valence-electron chi connectivity index (χ3n) is 3.76. The van der Waals surface area contributed by atoms with Crippen molar-refractivity contribution in [1.82, 2.24) is 0 Å². The summed E-state index contributed by atoms with van der Waals surface area (Å²) >= 11 is 0. The Labute approximate surface area is 70.7 Å². The predicted molar refractivity (Wildman–Crippen MR) is 50.5 cm³/mol. The second-order valence-corrected chi connectivity index (χ2v) is 4.54. The average Bonchev–Trinajstić information content (AvgIpc) is 1.98. The Bertz CT molecular complexity index is 174. The third kappa shape index (κ3) is 1.23. The van der Waals surface area contributed by atoms with Crippen molar-refractivity contribution in [3.63, 3.8) is 0 Å². The van der Waals surface area contributed by atoms with Crippen LogP contribution in [0.15, 0.2) is 11.6 Å². The molecular weight excluding hydrogens is 132 g/mol. The van der Waals surface area contributed by atoms with E-state index in [1.807, 2.05) is 0 Å². The summed E-state index contributed by atoms with van der Waals surface area (Å²) in [6, 6.07) is 0. The molecule has 1 aliphatic carbocycles. The van der Waals surface area contributed by atoms with Crippen molar-refractivity contribution in [3.8, 4) is 0 Å². The van der Waals surface area contributed by atoms with Crippen LogP contribution in [-0.4, -0.2) is 0 Å². The molecule has 0 aromatic rings. The Morgan fingerprint density at radius 1 is 1.45 bits per heavy atom. The van der Waals surface area contributed by atoms with Crippen LogP contribution in [0.2, 0.25) is 0 Å². The summed E-state index contributed by atoms with van der Waals surface area (Å²) in [6.45, 7) is 11.5. The fourth-order valence-electron chi connectivity index (χ4n) is 2.12. The second-order valence-electron chi connectivity index (χ2n) is 4.54. The molecule has 1 saturated carbocycles. The molecule has 0 aliphatic heterocycles. The minimum absolute atomic E-state index is 0.552. The van der Waals surface area contributed by atoms with Crippen LogP contribution in [0, 0.1) is 17.3 Å². The summed E-state index contributed by atoms with van der Waals surface area (Å²) < 4.78 is 0. The zero-order chi connectivity index (χ0) is 8.65. The summed E-state index contributed by atoms with van der Waals surface area (Å²) in [4.78, 5) is 0. The van der Waals surface area contributed by atoms with Gasteiger partial charge in [-0.3, -0.25) is 0 Å². The van der Waals surface area contributed by atoms with E-state index in [-0.39, 0.29) is 0 Å². The SMILES string of the molecule is C/C=C(/C)C1CC(C)C1(C)C. The molecule has 0 bridgehead atoms. The average molecular weight is 152 g/mol. The van der Waals surface area contributed by atoms with Crippen LogP contribution >= 0.6 is 0 Å². The molecule has 1 fully saturated rings. The Morgan fingerprint density at radius 2 is 2.00 bits per heavy atom. The van der Waals surface area contributed by atoms with E-state index in [0.717, 1.165) is 11.8 Å². The maximum Gasteiger partial charge on any atom is -0.0149 e. The molecular formula is C11H20. The Hall–Kier alpha value is -0.260. The second kappa shape index (κ2) is 2.66. The molecule has 0 nitrogen and oxygen atoms in total. The quantitative estimate of drug-likeness (QED) is 0.503. The maximum absolute atomic E-state index is 2.39. The third-order valence-corrected chi connectivity index (χ3v) is 3.76. The lowest BCUT2D eigenvalue weighted by Gasteiger charge is -2.51. The highest BCUT2D eigenvalue weighted by Gasteiger charge is 2.45. The van der Waals surface area contributed by atoms with Gasteiger partial charge in [0, 0.05) is 0 Å². The summed E-state index contributed by atoms with van der Waals surface area (Å²) in [5.74, 6) is 1.75. The fraction of sp³-hybridized carbons (Fsp3) is 0.818. The first kappa shape index (κ1) is 8.83. The van der Waals surface area contributed by atoms with Crippen LogP contribution in [0.4, 0.5) is 0 Å². The lowest BCUT2D eigenvalue weighted by atomic mass is 9.53. The van der Waals surface area contributed by atoms with Gasteiger partial charge in [-0.1, -0.05) is 32.4 Å². The smallest absolute Gasteiger partial charge is 0.0149 e. The van der Waals surface area contributed by atoms with Crippen molar-refractivity contribution in [2.75, 3.05) is 0 Å². The van der Waals surface area contributed by atoms with Gasteiger partial charge in [0.1, 0.15) is 0 Å². The highest BCUT2D eigenvalue weighted by atomic mass is 14.5. The molecule has 0 radical (unpaired) electrons. The Morgan fingerprint density at radius 3 is 2.27 bits per heavy atom. The van der Waals surface area contributed by atoms with Gasteiger partial charge in [-0.15, -0.1) is 0 Å². The molecule has 1 aliphatic rings. The van der Waals surface area contributed by atoms with E-state index in [9.17, 15) is 0 Å². The van der Waals surface area contributed by atoms with Gasteiger partial charge >= 0.3 is 0 Å². The summed E-state index contributed by atoms with van der Waals surface area (Å²) in [7, 11) is 0. The van der Waals surface area contributed by atoms with Crippen LogP contribution in [0.25, 0.3) is 0 Å². The Balaban J connectivity index is 2.67. The number of allylic oxidation sites excluding steroid dienone is 2. The monoisotopic (exact) mass is 152 g/mol. The molecule has 0 spiro atoms. The van der Waals surface area contributed by atoms with Crippen molar-refractivity contribution in [2.24, 2.45) is 17.3 Å². The molecule has 0 aromatic carbocycles. The topological polar surface area (TPSA) is 0 Å². The molecule has 0 aromatic heterocycles. The largest absolute Gasteiger partial charge is 0.0884 e. The zero-order valence-electron chi connectivity index (χ0n) is 8.44. The van der Waals surface area contributed by atoms with Gasteiger partial charge in [0.2, 0.25) is 0 Å². The van der Waals surface area contributed by atoms with E-state index in [2.05, 4.69) is 40.7 Å². The van der Waals surface area contributed by atoms with Gasteiger partial charge in [-0.2, -0.15) is 0 Å². The maximum atomic E-state index is 2.39. The first-order valence-electron chi connectivity index (χ1n) is 4.63. The van der Waals surface area contributed by atoms with E-state index in [4.69, 9.17) is 0 Å². The first-order chi connectivity index (χ1) is 5.00. The molecule has 0 heterocycles. The Kier molecular flexibility index (Phi) is 2.13. The predicted octanol–water partition coefficient (Wildman–Crippen LogP) is 3.63. The van der Waals surface area contributed by atoms with Gasteiger partial charge in [-0.25, -0.2) is 0 Å². The van der Waals surface area contributed by atoms with E-state index < -0.39 is 0 Å². The van der Waals surface area contributed by atoms with E-state index in [1.165, 1.54) is 6.42 Å². The standard InChI is InChI=1S/C11H20/c1-6-8(2)10-7-9(3)11(10,4)5/h6,9-10H,7H2,1-5H3/b8-6-. The van der Waals surface area contributed by atoms with E-state index >= 15 is 0 Å². The van der Waals surface area contributed by atoms with E-state index in [0.29, 0.717) is 5.41 Å². The lowest BCUT2D eigenvalue weighted by Crippen LogP contribution is -2.43. The molecule has 64 valence electrons. The number of rotatable bonds is 1. The van der Waals surface area contributed by atoms with Gasteiger partial charge in [0.25, 0.3) is 0 Å². The highest BCUT2D eigenvalue weighted by Crippen LogP contribution is 2.53. The lowest BCUT2D eigenvalue weighted by molar-refractivity contribution is 0.0178. The minimum atomic E-state index is 0.552. The fourth-order valence-corrected chi connectivity index (χ4v) is 2.12. The van der Waals surface area contributed by atoms with Crippen molar-refractivity contribution in [2.45, 2.75) is 41.0 Å². The highest BCUT2D eigenvalue weighted by molar-refractivity contribution is 5.13. The van der Waals surface area contributed by atoms with Crippen LogP contribution < -0.4 is 0 Å². The minimum Gasteiger partial charge on any atom is -0.0884 e. The van der Waals surface area contributed by atoms with Crippen LogP contribution in [0.1, 0.15) is 41.0 Å². The van der Waals surface area contributed by atoms with Crippen LogP contribution in [-0.2, 0) is 0 Å². The van der Waals surface area contributed by atoms with Gasteiger partial charge < -0.3 is 0 Å². The molecule has 1 rings (SSSR count). The normalized spacial score (nSPS) is 36.6. The summed E-state index contributed by atoms with van der Waals surface area (Å²) in [5.41, 5.74) is 2.13. The summed E-state index contributed by atoms with van der Waals surface area (Å²) in [5, 5.41) is 0. The van der Waals surface area contributed by atoms with E-state index in [1.54, 1.807) is 5.57 Å². The van der Waals surface area contributed by atoms with Crippen LogP contribution in [0.3, 0.4) is 0 Å². The molecule has 0 heteroatoms. The molecule has 11 heavy (non-hydrogen) atoms. The molecule has 0 amide bonds. The van der Waals surface area contributed by atoms with Gasteiger partial charge in [0.15, 0.2) is 0 Å². The van der Waals surface area contributed by atoms with Gasteiger partial charge in [0.05, 0.1) is 0 Å². The van der Waals surface area contributed by atoms with Crippen molar-refractivity contribution >= 4 is 0 Å².